The number of nitrogens with two attached hydrogens (primary N) is 1. The zero-order valence-electron chi connectivity index (χ0n) is 10.0. The number of piperidine rings is 1. The molecule has 0 bridgehead atoms. The van der Waals surface area contributed by atoms with Gasteiger partial charge in [0, 0.05) is 31.1 Å². The molecule has 94 valence electrons. The summed E-state index contributed by atoms with van der Waals surface area (Å²) in [5, 5.41) is 1.50. The Morgan fingerprint density at radius 3 is 2.76 bits per heavy atom. The lowest BCUT2D eigenvalue weighted by Crippen LogP contribution is -2.35. The van der Waals surface area contributed by atoms with Gasteiger partial charge in [0.05, 0.1) is 5.02 Å². The molecule has 5 heteroatoms. The highest BCUT2D eigenvalue weighted by atomic mass is 35.5. The predicted octanol–water partition coefficient (Wildman–Crippen LogP) is 2.53. The van der Waals surface area contributed by atoms with Crippen molar-refractivity contribution in [1.82, 2.24) is 4.98 Å². The highest BCUT2D eigenvalue weighted by molar-refractivity contribution is 7.99. The van der Waals surface area contributed by atoms with Crippen LogP contribution in [0.3, 0.4) is 0 Å². The monoisotopic (exact) mass is 271 g/mol. The smallest absolute Gasteiger partial charge is 0.147 e. The largest absolute Gasteiger partial charge is 0.355 e. The minimum absolute atomic E-state index is 0.488. The summed E-state index contributed by atoms with van der Waals surface area (Å²) in [6.45, 7) is 2.57. The topological polar surface area (TPSA) is 42.2 Å². The molecule has 0 radical (unpaired) electrons. The molecular weight excluding hydrogens is 254 g/mol. The number of nitrogens with zero attached hydrogens (tertiary/aromatic N) is 2. The molecule has 0 aliphatic carbocycles. The highest BCUT2D eigenvalue weighted by Gasteiger charge is 2.20. The number of rotatable bonds is 3. The second-order valence-corrected chi connectivity index (χ2v) is 5.82. The van der Waals surface area contributed by atoms with Gasteiger partial charge in [0.2, 0.25) is 0 Å². The molecule has 1 aliphatic rings. The van der Waals surface area contributed by atoms with Gasteiger partial charge in [0.15, 0.2) is 0 Å². The van der Waals surface area contributed by atoms with Crippen LogP contribution in [-0.2, 0) is 6.54 Å². The van der Waals surface area contributed by atoms with Crippen molar-refractivity contribution in [2.45, 2.75) is 24.6 Å². The van der Waals surface area contributed by atoms with Crippen LogP contribution in [0.25, 0.3) is 0 Å². The summed E-state index contributed by atoms with van der Waals surface area (Å²) >= 11 is 8.20. The van der Waals surface area contributed by atoms with Gasteiger partial charge < -0.3 is 10.6 Å². The fraction of sp³-hybridized carbons (Fsp3) is 0.583. The first kappa shape index (κ1) is 13.0. The Bertz CT molecular complexity index is 378. The van der Waals surface area contributed by atoms with Crippen molar-refractivity contribution in [2.75, 3.05) is 24.2 Å². The fourth-order valence-corrected chi connectivity index (χ4v) is 3.11. The lowest BCUT2D eigenvalue weighted by molar-refractivity contribution is 0.587. The van der Waals surface area contributed by atoms with E-state index in [4.69, 9.17) is 17.3 Å². The molecule has 0 atom stereocenters. The van der Waals surface area contributed by atoms with Crippen molar-refractivity contribution in [1.29, 1.82) is 0 Å². The summed E-state index contributed by atoms with van der Waals surface area (Å²) in [7, 11) is 0. The van der Waals surface area contributed by atoms with Gasteiger partial charge >= 0.3 is 0 Å². The van der Waals surface area contributed by atoms with E-state index < -0.39 is 0 Å². The molecule has 0 aromatic carbocycles. The van der Waals surface area contributed by atoms with Crippen LogP contribution < -0.4 is 10.6 Å². The quantitative estimate of drug-likeness (QED) is 0.917. The molecule has 0 unspecified atom stereocenters. The van der Waals surface area contributed by atoms with Gasteiger partial charge in [-0.05, 0) is 30.7 Å². The average molecular weight is 272 g/mol. The predicted molar refractivity (Wildman–Crippen MR) is 75.9 cm³/mol. The lowest BCUT2D eigenvalue weighted by Gasteiger charge is -2.32. The molecule has 0 spiro atoms. The number of anilines is 1. The molecule has 2 rings (SSSR count). The Morgan fingerprint density at radius 2 is 2.24 bits per heavy atom. The van der Waals surface area contributed by atoms with Gasteiger partial charge in [-0.3, -0.25) is 0 Å². The number of halogens is 1. The summed E-state index contributed by atoms with van der Waals surface area (Å²) < 4.78 is 0. The van der Waals surface area contributed by atoms with E-state index in [1.807, 2.05) is 24.0 Å². The minimum Gasteiger partial charge on any atom is -0.355 e. The van der Waals surface area contributed by atoms with E-state index in [2.05, 4.69) is 16.1 Å². The third-order valence-electron chi connectivity index (χ3n) is 3.19. The molecule has 1 saturated heterocycles. The van der Waals surface area contributed by atoms with Crippen molar-refractivity contribution < 1.29 is 0 Å². The lowest BCUT2D eigenvalue weighted by atomic mass is 10.1. The molecular formula is C12H18ClN3S. The number of pyridine rings is 1. The maximum absolute atomic E-state index is 6.25. The van der Waals surface area contributed by atoms with Crippen molar-refractivity contribution in [3.05, 3.63) is 22.8 Å². The van der Waals surface area contributed by atoms with Gasteiger partial charge in [-0.2, -0.15) is 11.8 Å². The van der Waals surface area contributed by atoms with E-state index in [1.54, 1.807) is 0 Å². The van der Waals surface area contributed by atoms with Crippen LogP contribution in [0.2, 0.25) is 5.02 Å². The molecule has 0 amide bonds. The molecule has 1 fully saturated rings. The van der Waals surface area contributed by atoms with Crippen LogP contribution in [0.15, 0.2) is 12.3 Å². The van der Waals surface area contributed by atoms with E-state index in [9.17, 15) is 0 Å². The maximum atomic E-state index is 6.25. The Labute approximate surface area is 112 Å². The zero-order valence-corrected chi connectivity index (χ0v) is 11.6. The molecule has 2 N–H and O–H groups in total. The SMILES string of the molecule is CSC1CCN(c2ncc(CN)cc2Cl)CC1. The van der Waals surface area contributed by atoms with Gasteiger partial charge in [0.1, 0.15) is 5.82 Å². The normalized spacial score (nSPS) is 17.5. The van der Waals surface area contributed by atoms with Gasteiger partial charge in [-0.1, -0.05) is 11.6 Å². The van der Waals surface area contributed by atoms with Crippen LogP contribution in [0.5, 0.6) is 0 Å². The van der Waals surface area contributed by atoms with Crippen molar-refractivity contribution in [3.8, 4) is 0 Å². The number of thioether (sulfide) groups is 1. The van der Waals surface area contributed by atoms with E-state index in [1.165, 1.54) is 12.8 Å². The third-order valence-corrected chi connectivity index (χ3v) is 4.61. The van der Waals surface area contributed by atoms with Gasteiger partial charge in [-0.15, -0.1) is 0 Å². The van der Waals surface area contributed by atoms with Crippen LogP contribution in [-0.4, -0.2) is 29.6 Å². The van der Waals surface area contributed by atoms with E-state index in [0.29, 0.717) is 6.54 Å². The molecule has 1 aromatic rings. The van der Waals surface area contributed by atoms with E-state index >= 15 is 0 Å². The van der Waals surface area contributed by atoms with Crippen molar-refractivity contribution >= 4 is 29.2 Å². The first-order valence-corrected chi connectivity index (χ1v) is 7.53. The maximum Gasteiger partial charge on any atom is 0.147 e. The summed E-state index contributed by atoms with van der Waals surface area (Å²) in [5.74, 6) is 0.906. The first-order chi connectivity index (χ1) is 8.24. The van der Waals surface area contributed by atoms with Gasteiger partial charge in [0.25, 0.3) is 0 Å². The molecule has 3 nitrogen and oxygen atoms in total. The van der Waals surface area contributed by atoms with Crippen molar-refractivity contribution in [3.63, 3.8) is 0 Å². The third kappa shape index (κ3) is 3.06. The van der Waals surface area contributed by atoms with E-state index in [0.717, 1.165) is 34.7 Å². The molecule has 17 heavy (non-hydrogen) atoms. The minimum atomic E-state index is 0.488. The summed E-state index contributed by atoms with van der Waals surface area (Å²) in [5.41, 5.74) is 6.55. The van der Waals surface area contributed by atoms with Crippen LogP contribution in [0.1, 0.15) is 18.4 Å². The fourth-order valence-electron chi connectivity index (χ4n) is 2.12. The summed E-state index contributed by atoms with van der Waals surface area (Å²) in [6.07, 6.45) is 6.42. The zero-order chi connectivity index (χ0) is 12.3. The van der Waals surface area contributed by atoms with Crippen LogP contribution in [0.4, 0.5) is 5.82 Å². The molecule has 2 heterocycles. The molecule has 1 aromatic heterocycles. The molecule has 0 saturated carbocycles. The number of hydrogen-bond acceptors (Lipinski definition) is 4. The summed E-state index contributed by atoms with van der Waals surface area (Å²) in [6, 6.07) is 1.92. The van der Waals surface area contributed by atoms with Crippen LogP contribution >= 0.6 is 23.4 Å². The Kier molecular flexibility index (Phi) is 4.54. The standard InChI is InChI=1S/C12H18ClN3S/c1-17-10-2-4-16(5-3-10)12-11(13)6-9(7-14)8-15-12/h6,8,10H,2-5,7,14H2,1H3. The molecule has 1 aliphatic heterocycles. The van der Waals surface area contributed by atoms with Crippen molar-refractivity contribution in [2.24, 2.45) is 5.73 Å². The summed E-state index contributed by atoms with van der Waals surface area (Å²) in [4.78, 5) is 6.70. The Hall–Kier alpha value is -0.450. The van der Waals surface area contributed by atoms with Gasteiger partial charge in [-0.25, -0.2) is 4.98 Å². The number of aromatic nitrogens is 1. The Balaban J connectivity index is 2.08. The second kappa shape index (κ2) is 5.94. The van der Waals surface area contributed by atoms with E-state index in [-0.39, 0.29) is 0 Å². The first-order valence-electron chi connectivity index (χ1n) is 5.87. The second-order valence-electron chi connectivity index (χ2n) is 4.28. The van der Waals surface area contributed by atoms with Crippen LogP contribution in [0, 0.1) is 0 Å². The number of hydrogen-bond donors (Lipinski definition) is 1. The average Bonchev–Trinajstić information content (AvgIpc) is 2.39. The highest BCUT2D eigenvalue weighted by Crippen LogP contribution is 2.29. The Morgan fingerprint density at radius 1 is 1.53 bits per heavy atom.